The lowest BCUT2D eigenvalue weighted by Crippen LogP contribution is -1.95. The summed E-state index contributed by atoms with van der Waals surface area (Å²) < 4.78 is 16.1. The number of pyridine rings is 1. The second kappa shape index (κ2) is 7.45. The van der Waals surface area contributed by atoms with Crippen molar-refractivity contribution in [1.29, 1.82) is 0 Å². The van der Waals surface area contributed by atoms with Gasteiger partial charge >= 0.3 is 0 Å². The molecule has 0 saturated heterocycles. The fraction of sp³-hybridized carbons (Fsp3) is 0.150. The van der Waals surface area contributed by atoms with Gasteiger partial charge < -0.3 is 14.2 Å². The van der Waals surface area contributed by atoms with Gasteiger partial charge in [0.25, 0.3) is 0 Å². The van der Waals surface area contributed by atoms with E-state index in [4.69, 9.17) is 25.8 Å². The number of fused-ring (bicyclic) bond motifs is 1. The van der Waals surface area contributed by atoms with Crippen LogP contribution in [0.4, 0.5) is 0 Å². The van der Waals surface area contributed by atoms with Crippen LogP contribution in [0, 0.1) is 0 Å². The molecule has 4 nitrogen and oxygen atoms in total. The number of rotatable bonds is 5. The first-order chi connectivity index (χ1) is 12.2. The average Bonchev–Trinajstić information content (AvgIpc) is 2.66. The zero-order valence-corrected chi connectivity index (χ0v) is 15.0. The van der Waals surface area contributed by atoms with Crippen molar-refractivity contribution >= 4 is 33.6 Å². The van der Waals surface area contributed by atoms with Gasteiger partial charge in [-0.15, -0.1) is 0 Å². The Hall–Kier alpha value is -2.72. The van der Waals surface area contributed by atoms with Crippen molar-refractivity contribution < 1.29 is 14.2 Å². The fourth-order valence-electron chi connectivity index (χ4n) is 2.60. The van der Waals surface area contributed by atoms with Gasteiger partial charge in [-0.3, -0.25) is 0 Å². The van der Waals surface area contributed by atoms with Crippen molar-refractivity contribution in [3.63, 3.8) is 0 Å². The molecule has 0 aliphatic heterocycles. The zero-order chi connectivity index (χ0) is 17.8. The molecular formula is C20H18ClNO3. The van der Waals surface area contributed by atoms with E-state index in [1.165, 1.54) is 0 Å². The molecule has 1 aromatic heterocycles. The molecule has 0 bridgehead atoms. The lowest BCUT2D eigenvalue weighted by Gasteiger charge is -2.13. The minimum atomic E-state index is 0.528. The molecule has 0 spiro atoms. The van der Waals surface area contributed by atoms with Gasteiger partial charge in [0.1, 0.15) is 0 Å². The zero-order valence-electron chi connectivity index (χ0n) is 14.2. The van der Waals surface area contributed by atoms with Gasteiger partial charge in [0.2, 0.25) is 5.75 Å². The number of halogens is 1. The normalized spacial score (nSPS) is 11.4. The van der Waals surface area contributed by atoms with Crippen LogP contribution in [0.3, 0.4) is 0 Å². The topological polar surface area (TPSA) is 40.6 Å². The van der Waals surface area contributed by atoms with Gasteiger partial charge in [0.15, 0.2) is 11.5 Å². The van der Waals surface area contributed by atoms with Crippen LogP contribution in [0.15, 0.2) is 48.5 Å². The maximum Gasteiger partial charge on any atom is 0.203 e. The van der Waals surface area contributed by atoms with E-state index in [1.54, 1.807) is 21.3 Å². The number of hydrogen-bond donors (Lipinski definition) is 0. The summed E-state index contributed by atoms with van der Waals surface area (Å²) in [6.07, 6.45) is 1.82. The van der Waals surface area contributed by atoms with E-state index in [0.29, 0.717) is 28.0 Å². The molecule has 3 rings (SSSR count). The van der Waals surface area contributed by atoms with Crippen molar-refractivity contribution in [3.05, 3.63) is 59.8 Å². The van der Waals surface area contributed by atoms with Gasteiger partial charge in [-0.2, -0.15) is 0 Å². The van der Waals surface area contributed by atoms with Crippen LogP contribution in [0.1, 0.15) is 11.3 Å². The summed E-state index contributed by atoms with van der Waals surface area (Å²) in [5, 5.41) is 1.60. The van der Waals surface area contributed by atoms with Gasteiger partial charge in [-0.1, -0.05) is 35.9 Å². The number of nitrogens with zero attached hydrogens (tertiary/aromatic N) is 1. The maximum absolute atomic E-state index is 6.49. The van der Waals surface area contributed by atoms with Gasteiger partial charge in [0, 0.05) is 5.39 Å². The van der Waals surface area contributed by atoms with E-state index in [9.17, 15) is 0 Å². The highest BCUT2D eigenvalue weighted by Gasteiger charge is 2.13. The van der Waals surface area contributed by atoms with Crippen LogP contribution in [-0.4, -0.2) is 26.3 Å². The van der Waals surface area contributed by atoms with Gasteiger partial charge in [-0.05, 0) is 35.9 Å². The summed E-state index contributed by atoms with van der Waals surface area (Å²) in [5.74, 6) is 1.69. The number of hydrogen-bond acceptors (Lipinski definition) is 4. The van der Waals surface area contributed by atoms with Crippen LogP contribution >= 0.6 is 11.6 Å². The highest BCUT2D eigenvalue weighted by molar-refractivity contribution is 6.51. The molecule has 0 fully saturated rings. The van der Waals surface area contributed by atoms with Gasteiger partial charge in [-0.25, -0.2) is 4.98 Å². The fourth-order valence-corrected chi connectivity index (χ4v) is 2.84. The van der Waals surface area contributed by atoms with Crippen LogP contribution in [0.5, 0.6) is 17.2 Å². The summed E-state index contributed by atoms with van der Waals surface area (Å²) in [7, 11) is 4.73. The molecule has 0 saturated carbocycles. The third-order valence-corrected chi connectivity index (χ3v) is 4.13. The first-order valence-electron chi connectivity index (χ1n) is 7.69. The molecule has 0 aliphatic carbocycles. The molecule has 25 heavy (non-hydrogen) atoms. The van der Waals surface area contributed by atoms with E-state index >= 15 is 0 Å². The van der Waals surface area contributed by atoms with Crippen molar-refractivity contribution in [2.45, 2.75) is 0 Å². The summed E-state index contributed by atoms with van der Waals surface area (Å²) >= 11 is 6.49. The van der Waals surface area contributed by atoms with E-state index in [2.05, 4.69) is 4.98 Å². The monoisotopic (exact) mass is 355 g/mol. The second-order valence-corrected chi connectivity index (χ2v) is 5.75. The summed E-state index contributed by atoms with van der Waals surface area (Å²) in [6, 6.07) is 15.5. The molecule has 2 aromatic carbocycles. The minimum Gasteiger partial charge on any atom is -0.493 e. The molecule has 128 valence electrons. The number of para-hydroxylation sites is 1. The van der Waals surface area contributed by atoms with Crippen molar-refractivity contribution in [2.75, 3.05) is 21.3 Å². The number of ether oxygens (including phenoxy) is 3. The van der Waals surface area contributed by atoms with Gasteiger partial charge in [0.05, 0.1) is 37.6 Å². The largest absolute Gasteiger partial charge is 0.493 e. The molecule has 0 N–H and O–H groups in total. The standard InChI is InChI=1S/C20H18ClNO3/c1-23-18-11-13(12-19(24-2)20(18)25-3)10-15(21)17-9-8-14-6-4-5-7-16(14)22-17/h4-12H,1-3H3/b15-10-. The Labute approximate surface area is 151 Å². The van der Waals surface area contributed by atoms with E-state index in [1.807, 2.05) is 54.6 Å². The first kappa shape index (κ1) is 17.1. The molecule has 5 heteroatoms. The predicted molar refractivity (Wildman–Crippen MR) is 102 cm³/mol. The minimum absolute atomic E-state index is 0.528. The smallest absolute Gasteiger partial charge is 0.203 e. The predicted octanol–water partition coefficient (Wildman–Crippen LogP) is 5.00. The lowest BCUT2D eigenvalue weighted by atomic mass is 10.1. The Morgan fingerprint density at radius 1 is 0.920 bits per heavy atom. The van der Waals surface area contributed by atoms with E-state index in [0.717, 1.165) is 16.5 Å². The molecule has 1 heterocycles. The van der Waals surface area contributed by atoms with Crippen molar-refractivity contribution in [2.24, 2.45) is 0 Å². The van der Waals surface area contributed by atoms with E-state index < -0.39 is 0 Å². The van der Waals surface area contributed by atoms with Crippen LogP contribution < -0.4 is 14.2 Å². The molecule has 0 amide bonds. The summed E-state index contributed by atoms with van der Waals surface area (Å²) in [5.41, 5.74) is 2.43. The Morgan fingerprint density at radius 3 is 2.24 bits per heavy atom. The molecule has 0 radical (unpaired) electrons. The Bertz CT molecular complexity index is 912. The van der Waals surface area contributed by atoms with Crippen molar-refractivity contribution in [3.8, 4) is 17.2 Å². The number of benzene rings is 2. The van der Waals surface area contributed by atoms with E-state index in [-0.39, 0.29) is 0 Å². The van der Waals surface area contributed by atoms with Crippen LogP contribution in [0.25, 0.3) is 22.0 Å². The molecule has 0 aliphatic rings. The Morgan fingerprint density at radius 2 is 1.60 bits per heavy atom. The quantitative estimate of drug-likeness (QED) is 0.646. The Kier molecular flexibility index (Phi) is 5.10. The number of aromatic nitrogens is 1. The average molecular weight is 356 g/mol. The third-order valence-electron chi connectivity index (χ3n) is 3.82. The Balaban J connectivity index is 2.03. The van der Waals surface area contributed by atoms with Crippen molar-refractivity contribution in [1.82, 2.24) is 4.98 Å². The highest BCUT2D eigenvalue weighted by atomic mass is 35.5. The highest BCUT2D eigenvalue weighted by Crippen LogP contribution is 2.39. The maximum atomic E-state index is 6.49. The molecule has 3 aromatic rings. The summed E-state index contributed by atoms with van der Waals surface area (Å²) in [4.78, 5) is 4.60. The first-order valence-corrected chi connectivity index (χ1v) is 8.07. The number of methoxy groups -OCH3 is 3. The second-order valence-electron chi connectivity index (χ2n) is 5.34. The lowest BCUT2D eigenvalue weighted by molar-refractivity contribution is 0.324. The summed E-state index contributed by atoms with van der Waals surface area (Å²) in [6.45, 7) is 0. The third kappa shape index (κ3) is 3.54. The molecule has 0 atom stereocenters. The van der Waals surface area contributed by atoms with Crippen LogP contribution in [0.2, 0.25) is 0 Å². The molecular weight excluding hydrogens is 338 g/mol. The van der Waals surface area contributed by atoms with Crippen LogP contribution in [-0.2, 0) is 0 Å². The SMILES string of the molecule is COc1cc(/C=C(\Cl)c2ccc3ccccc3n2)cc(OC)c1OC. The molecule has 0 unspecified atom stereocenters.